The fourth-order valence-corrected chi connectivity index (χ4v) is 3.41. The summed E-state index contributed by atoms with van der Waals surface area (Å²) in [6.45, 7) is 2.81. The molecule has 0 saturated carbocycles. The second kappa shape index (κ2) is 5.70. The summed E-state index contributed by atoms with van der Waals surface area (Å²) in [7, 11) is 0. The van der Waals surface area contributed by atoms with Crippen molar-refractivity contribution in [1.82, 2.24) is 15.2 Å². The van der Waals surface area contributed by atoms with Gasteiger partial charge in [0.15, 0.2) is 0 Å². The second-order valence-electron chi connectivity index (χ2n) is 5.87. The van der Waals surface area contributed by atoms with E-state index >= 15 is 0 Å². The van der Waals surface area contributed by atoms with E-state index in [0.29, 0.717) is 12.0 Å². The van der Waals surface area contributed by atoms with E-state index in [-0.39, 0.29) is 11.7 Å². The predicted molar refractivity (Wildman–Crippen MR) is 74.7 cm³/mol. The summed E-state index contributed by atoms with van der Waals surface area (Å²) in [5.41, 5.74) is -1.30. The molecule has 2 saturated heterocycles. The molecule has 0 spiro atoms. The first-order valence-electron chi connectivity index (χ1n) is 7.09. The summed E-state index contributed by atoms with van der Waals surface area (Å²) in [6, 6.07) is 0.663. The number of pyridine rings is 1. The van der Waals surface area contributed by atoms with Gasteiger partial charge in [0.25, 0.3) is 5.91 Å². The Morgan fingerprint density at radius 1 is 1.41 bits per heavy atom. The molecule has 1 aromatic rings. The van der Waals surface area contributed by atoms with Crippen molar-refractivity contribution >= 4 is 17.5 Å². The fourth-order valence-electron chi connectivity index (χ4n) is 3.20. The molecule has 2 aliphatic rings. The average molecular weight is 334 g/mol. The number of nitrogens with zero attached hydrogens (tertiary/aromatic N) is 2. The quantitative estimate of drug-likeness (QED) is 0.905. The van der Waals surface area contributed by atoms with E-state index in [1.807, 2.05) is 0 Å². The maximum Gasteiger partial charge on any atom is 0.417 e. The highest BCUT2D eigenvalue weighted by Crippen LogP contribution is 2.34. The monoisotopic (exact) mass is 333 g/mol. The Kier molecular flexibility index (Phi) is 4.03. The predicted octanol–water partition coefficient (Wildman–Crippen LogP) is 2.58. The van der Waals surface area contributed by atoms with Crippen LogP contribution in [-0.2, 0) is 6.18 Å². The van der Waals surface area contributed by atoms with Crippen LogP contribution in [0.2, 0.25) is 5.02 Å². The van der Waals surface area contributed by atoms with Crippen molar-refractivity contribution in [3.05, 3.63) is 28.5 Å². The number of hydrogen-bond donors (Lipinski definition) is 1. The van der Waals surface area contributed by atoms with Crippen molar-refractivity contribution in [3.63, 3.8) is 0 Å². The Hall–Kier alpha value is -1.34. The summed E-state index contributed by atoms with van der Waals surface area (Å²) < 4.78 is 38.4. The molecular weight excluding hydrogens is 319 g/mol. The number of halogens is 4. The fraction of sp³-hybridized carbons (Fsp3) is 0.571. The van der Waals surface area contributed by atoms with E-state index in [4.69, 9.17) is 11.6 Å². The molecule has 22 heavy (non-hydrogen) atoms. The lowest BCUT2D eigenvalue weighted by atomic mass is 9.97. The number of hydrogen-bond acceptors (Lipinski definition) is 3. The molecule has 8 heteroatoms. The Balaban J connectivity index is 1.72. The van der Waals surface area contributed by atoms with Crippen molar-refractivity contribution < 1.29 is 18.0 Å². The van der Waals surface area contributed by atoms with Crippen molar-refractivity contribution in [2.75, 3.05) is 19.6 Å². The molecule has 4 nitrogen and oxygen atoms in total. The van der Waals surface area contributed by atoms with Gasteiger partial charge < -0.3 is 10.2 Å². The molecule has 2 aliphatic heterocycles. The molecule has 2 bridgehead atoms. The molecule has 1 unspecified atom stereocenters. The molecule has 1 amide bonds. The number of carbonyl (C=O) groups excluding carboxylic acids is 1. The zero-order valence-corrected chi connectivity index (χ0v) is 12.4. The zero-order chi connectivity index (χ0) is 15.9. The second-order valence-corrected chi connectivity index (χ2v) is 6.27. The highest BCUT2D eigenvalue weighted by atomic mass is 35.5. The molecular formula is C14H15ClF3N3O. The van der Waals surface area contributed by atoms with Gasteiger partial charge in [-0.3, -0.25) is 4.79 Å². The van der Waals surface area contributed by atoms with Crippen molar-refractivity contribution in [2.45, 2.75) is 25.1 Å². The molecule has 0 aliphatic carbocycles. The van der Waals surface area contributed by atoms with Crippen LogP contribution in [-0.4, -0.2) is 41.5 Å². The standard InChI is InChI=1S/C14H15ClF3N3O/c15-11-5-19-12(4-10(11)14(16,17)18)13(22)20-9-3-8-1-2-21(6-8)7-9/h4-5,8-9H,1-3,6-7H2,(H,20,22)/t8-,9-/m1/s1. The van der Waals surface area contributed by atoms with Gasteiger partial charge in [-0.25, -0.2) is 4.98 Å². The van der Waals surface area contributed by atoms with Crippen LogP contribution in [0.3, 0.4) is 0 Å². The Bertz CT molecular complexity index is 581. The van der Waals surface area contributed by atoms with E-state index in [9.17, 15) is 18.0 Å². The number of piperidine rings is 1. The van der Waals surface area contributed by atoms with E-state index in [0.717, 1.165) is 38.7 Å². The van der Waals surface area contributed by atoms with E-state index in [1.54, 1.807) is 0 Å². The molecule has 1 aromatic heterocycles. The summed E-state index contributed by atoms with van der Waals surface area (Å²) >= 11 is 5.50. The highest BCUT2D eigenvalue weighted by Gasteiger charge is 2.35. The molecule has 0 aromatic carbocycles. The smallest absolute Gasteiger partial charge is 0.347 e. The van der Waals surface area contributed by atoms with E-state index in [2.05, 4.69) is 15.2 Å². The number of fused-ring (bicyclic) bond motifs is 2. The van der Waals surface area contributed by atoms with Crippen LogP contribution in [0.15, 0.2) is 12.3 Å². The molecule has 3 atom stereocenters. The zero-order valence-electron chi connectivity index (χ0n) is 11.7. The lowest BCUT2D eigenvalue weighted by Gasteiger charge is -2.30. The van der Waals surface area contributed by atoms with Crippen LogP contribution in [0.1, 0.15) is 28.9 Å². The number of rotatable bonds is 2. The Morgan fingerprint density at radius 2 is 2.18 bits per heavy atom. The normalized spacial score (nSPS) is 27.7. The number of carbonyl (C=O) groups is 1. The minimum absolute atomic E-state index is 0.0411. The van der Waals surface area contributed by atoms with Crippen LogP contribution in [0, 0.1) is 5.92 Å². The summed E-state index contributed by atoms with van der Waals surface area (Å²) in [6.07, 6.45) is -1.76. The summed E-state index contributed by atoms with van der Waals surface area (Å²) in [5, 5.41) is 2.27. The van der Waals surface area contributed by atoms with Crippen molar-refractivity contribution in [2.24, 2.45) is 5.92 Å². The maximum absolute atomic E-state index is 12.8. The molecule has 2 fully saturated rings. The van der Waals surface area contributed by atoms with Crippen LogP contribution in [0.4, 0.5) is 13.2 Å². The molecule has 3 heterocycles. The van der Waals surface area contributed by atoms with Crippen LogP contribution < -0.4 is 5.32 Å². The van der Waals surface area contributed by atoms with Gasteiger partial charge in [-0.05, 0) is 31.4 Å². The van der Waals surface area contributed by atoms with Gasteiger partial charge in [0.05, 0.1) is 10.6 Å². The first-order chi connectivity index (χ1) is 10.3. The largest absolute Gasteiger partial charge is 0.417 e. The number of nitrogens with one attached hydrogen (secondary N) is 1. The topological polar surface area (TPSA) is 45.2 Å². The molecule has 0 radical (unpaired) electrons. The minimum Gasteiger partial charge on any atom is -0.347 e. The number of alkyl halides is 3. The van der Waals surface area contributed by atoms with Gasteiger partial charge in [0.2, 0.25) is 0 Å². The Morgan fingerprint density at radius 3 is 2.86 bits per heavy atom. The minimum atomic E-state index is -4.61. The third-order valence-electron chi connectivity index (χ3n) is 4.20. The lowest BCUT2D eigenvalue weighted by Crippen LogP contribution is -2.47. The third kappa shape index (κ3) is 3.20. The van der Waals surface area contributed by atoms with Gasteiger partial charge in [0, 0.05) is 25.3 Å². The van der Waals surface area contributed by atoms with Gasteiger partial charge in [-0.1, -0.05) is 11.6 Å². The SMILES string of the molecule is O=C(N[C@@H]1C[C@H]2CCN(C2)C1)c1cc(C(F)(F)F)c(Cl)cn1. The van der Waals surface area contributed by atoms with Crippen LogP contribution >= 0.6 is 11.6 Å². The lowest BCUT2D eigenvalue weighted by molar-refractivity contribution is -0.137. The third-order valence-corrected chi connectivity index (χ3v) is 4.50. The van der Waals surface area contributed by atoms with E-state index in [1.165, 1.54) is 0 Å². The first kappa shape index (κ1) is 15.6. The maximum atomic E-state index is 12.8. The molecule has 1 N–H and O–H groups in total. The first-order valence-corrected chi connectivity index (χ1v) is 7.46. The summed E-state index contributed by atoms with van der Waals surface area (Å²) in [5.74, 6) is -0.0300. The Labute approximate surface area is 130 Å². The van der Waals surface area contributed by atoms with Gasteiger partial charge in [0.1, 0.15) is 5.69 Å². The van der Waals surface area contributed by atoms with Gasteiger partial charge >= 0.3 is 6.18 Å². The van der Waals surface area contributed by atoms with Gasteiger partial charge in [-0.15, -0.1) is 0 Å². The van der Waals surface area contributed by atoms with Gasteiger partial charge in [-0.2, -0.15) is 13.2 Å². The molecule has 120 valence electrons. The number of amides is 1. The van der Waals surface area contributed by atoms with Crippen molar-refractivity contribution in [3.8, 4) is 0 Å². The highest BCUT2D eigenvalue weighted by molar-refractivity contribution is 6.31. The van der Waals surface area contributed by atoms with E-state index < -0.39 is 22.7 Å². The van der Waals surface area contributed by atoms with Crippen LogP contribution in [0.25, 0.3) is 0 Å². The average Bonchev–Trinajstić information content (AvgIpc) is 2.77. The summed E-state index contributed by atoms with van der Waals surface area (Å²) in [4.78, 5) is 18.1. The van der Waals surface area contributed by atoms with Crippen molar-refractivity contribution in [1.29, 1.82) is 0 Å². The number of aromatic nitrogens is 1. The molecule has 3 rings (SSSR count). The van der Waals surface area contributed by atoms with Crippen LogP contribution in [0.5, 0.6) is 0 Å².